The molecule has 1 aliphatic rings. The van der Waals surface area contributed by atoms with E-state index in [-0.39, 0.29) is 29.0 Å². The Morgan fingerprint density at radius 2 is 2.05 bits per heavy atom. The molecule has 1 aromatic carbocycles. The molecule has 1 saturated heterocycles. The zero-order valence-electron chi connectivity index (χ0n) is 10.9. The van der Waals surface area contributed by atoms with Crippen molar-refractivity contribution in [1.29, 1.82) is 0 Å². The first-order chi connectivity index (χ1) is 9.61. The number of esters is 1. The van der Waals surface area contributed by atoms with Crippen LogP contribution in [0.5, 0.6) is 0 Å². The largest absolute Gasteiger partial charge is 0.466 e. The molecule has 0 atom stereocenters. The summed E-state index contributed by atoms with van der Waals surface area (Å²) in [6, 6.07) is 9.18. The molecule has 0 unspecified atom stereocenters. The molecule has 20 heavy (non-hydrogen) atoms. The smallest absolute Gasteiger partial charge is 0.335 e. The van der Waals surface area contributed by atoms with Crippen molar-refractivity contribution in [2.45, 2.75) is 0 Å². The maximum atomic E-state index is 11.8. The van der Waals surface area contributed by atoms with Crippen LogP contribution in [0.25, 0.3) is 6.08 Å². The SMILES string of the molecule is COC(=O)/C(=C/c1ccccc1)CN1C(=O)CSC1=O. The monoisotopic (exact) mass is 291 g/mol. The van der Waals surface area contributed by atoms with Crippen LogP contribution in [0.3, 0.4) is 0 Å². The van der Waals surface area contributed by atoms with E-state index in [1.54, 1.807) is 6.08 Å². The van der Waals surface area contributed by atoms with Crippen molar-refractivity contribution in [2.75, 3.05) is 19.4 Å². The lowest BCUT2D eigenvalue weighted by Gasteiger charge is -2.14. The predicted octanol–water partition coefficient (Wildman–Crippen LogP) is 1.94. The van der Waals surface area contributed by atoms with E-state index in [1.165, 1.54) is 7.11 Å². The molecule has 1 fully saturated rings. The third-order valence-corrected chi connectivity index (χ3v) is 3.62. The van der Waals surface area contributed by atoms with Gasteiger partial charge in [-0.3, -0.25) is 14.5 Å². The number of carbonyl (C=O) groups is 3. The standard InChI is InChI=1S/C14H13NO4S/c1-19-13(17)11(7-10-5-3-2-4-6-10)8-15-12(16)9-20-14(15)18/h2-7H,8-9H2,1H3/b11-7+. The van der Waals surface area contributed by atoms with Gasteiger partial charge in [0, 0.05) is 0 Å². The summed E-state index contributed by atoms with van der Waals surface area (Å²) in [6.07, 6.45) is 1.62. The van der Waals surface area contributed by atoms with Crippen molar-refractivity contribution in [3.8, 4) is 0 Å². The molecular weight excluding hydrogens is 278 g/mol. The zero-order chi connectivity index (χ0) is 14.5. The van der Waals surface area contributed by atoms with Crippen LogP contribution >= 0.6 is 11.8 Å². The third-order valence-electron chi connectivity index (χ3n) is 2.76. The lowest BCUT2D eigenvalue weighted by atomic mass is 10.1. The summed E-state index contributed by atoms with van der Waals surface area (Å²) in [7, 11) is 1.27. The number of hydrogen-bond acceptors (Lipinski definition) is 5. The van der Waals surface area contributed by atoms with Gasteiger partial charge in [0.15, 0.2) is 0 Å². The highest BCUT2D eigenvalue weighted by Gasteiger charge is 2.31. The van der Waals surface area contributed by atoms with Gasteiger partial charge in [0.05, 0.1) is 25.0 Å². The van der Waals surface area contributed by atoms with Crippen molar-refractivity contribution in [1.82, 2.24) is 4.90 Å². The van der Waals surface area contributed by atoms with Crippen LogP contribution in [0.2, 0.25) is 0 Å². The second-order valence-electron chi connectivity index (χ2n) is 4.11. The van der Waals surface area contributed by atoms with Gasteiger partial charge in [-0.05, 0) is 11.6 Å². The molecule has 104 valence electrons. The van der Waals surface area contributed by atoms with Gasteiger partial charge >= 0.3 is 5.97 Å². The first kappa shape index (κ1) is 14.3. The van der Waals surface area contributed by atoms with Crippen LogP contribution in [-0.4, -0.2) is 41.4 Å². The van der Waals surface area contributed by atoms with Crippen molar-refractivity contribution in [3.05, 3.63) is 41.5 Å². The first-order valence-electron chi connectivity index (χ1n) is 5.93. The van der Waals surface area contributed by atoms with Crippen LogP contribution in [-0.2, 0) is 14.3 Å². The van der Waals surface area contributed by atoms with Gasteiger partial charge in [0.2, 0.25) is 5.91 Å². The van der Waals surface area contributed by atoms with Crippen LogP contribution in [0.4, 0.5) is 4.79 Å². The molecule has 1 heterocycles. The lowest BCUT2D eigenvalue weighted by molar-refractivity contribution is -0.136. The fraction of sp³-hybridized carbons (Fsp3) is 0.214. The molecule has 2 rings (SSSR count). The second-order valence-corrected chi connectivity index (χ2v) is 5.03. The van der Waals surface area contributed by atoms with Crippen molar-refractivity contribution in [3.63, 3.8) is 0 Å². The summed E-state index contributed by atoms with van der Waals surface area (Å²) < 4.78 is 4.70. The minimum Gasteiger partial charge on any atom is -0.466 e. The van der Waals surface area contributed by atoms with Crippen molar-refractivity contribution in [2.24, 2.45) is 0 Å². The minimum absolute atomic E-state index is 0.0633. The fourth-order valence-electron chi connectivity index (χ4n) is 1.75. The van der Waals surface area contributed by atoms with Gasteiger partial charge < -0.3 is 4.74 Å². The highest BCUT2D eigenvalue weighted by atomic mass is 32.2. The van der Waals surface area contributed by atoms with Gasteiger partial charge in [-0.2, -0.15) is 0 Å². The topological polar surface area (TPSA) is 63.7 Å². The van der Waals surface area contributed by atoms with E-state index in [0.29, 0.717) is 0 Å². The number of rotatable bonds is 4. The van der Waals surface area contributed by atoms with E-state index >= 15 is 0 Å². The number of ether oxygens (including phenoxy) is 1. The van der Waals surface area contributed by atoms with Gasteiger partial charge in [0.25, 0.3) is 5.24 Å². The molecule has 2 amide bonds. The third kappa shape index (κ3) is 3.27. The quantitative estimate of drug-likeness (QED) is 0.626. The Bertz CT molecular complexity index is 552. The van der Waals surface area contributed by atoms with Crippen LogP contribution in [0.1, 0.15) is 5.56 Å². The minimum atomic E-state index is -0.550. The zero-order valence-corrected chi connectivity index (χ0v) is 11.7. The highest BCUT2D eigenvalue weighted by Crippen LogP contribution is 2.21. The summed E-state index contributed by atoms with van der Waals surface area (Å²) in [5.41, 5.74) is 1.07. The molecule has 5 nitrogen and oxygen atoms in total. The molecular formula is C14H13NO4S. The van der Waals surface area contributed by atoms with E-state index in [0.717, 1.165) is 22.2 Å². The molecule has 1 aromatic rings. The van der Waals surface area contributed by atoms with Gasteiger partial charge in [-0.25, -0.2) is 4.79 Å². The average Bonchev–Trinajstić information content (AvgIpc) is 2.78. The van der Waals surface area contributed by atoms with E-state index in [9.17, 15) is 14.4 Å². The van der Waals surface area contributed by atoms with Crippen LogP contribution in [0, 0.1) is 0 Å². The molecule has 0 bridgehead atoms. The van der Waals surface area contributed by atoms with Gasteiger partial charge in [-0.15, -0.1) is 0 Å². The Morgan fingerprint density at radius 1 is 1.35 bits per heavy atom. The Morgan fingerprint density at radius 3 is 2.60 bits per heavy atom. The Balaban J connectivity index is 2.25. The predicted molar refractivity (Wildman–Crippen MR) is 76.0 cm³/mol. The Kier molecular flexibility index (Phi) is 4.57. The first-order valence-corrected chi connectivity index (χ1v) is 6.91. The highest BCUT2D eigenvalue weighted by molar-refractivity contribution is 8.14. The van der Waals surface area contributed by atoms with Gasteiger partial charge in [-0.1, -0.05) is 42.1 Å². The fourth-order valence-corrected chi connectivity index (χ4v) is 2.48. The maximum absolute atomic E-state index is 11.8. The number of benzene rings is 1. The molecule has 0 spiro atoms. The summed E-state index contributed by atoms with van der Waals surface area (Å²) in [6.45, 7) is -0.0633. The molecule has 0 N–H and O–H groups in total. The molecule has 0 saturated carbocycles. The number of hydrogen-bond donors (Lipinski definition) is 0. The van der Waals surface area contributed by atoms with Gasteiger partial charge in [0.1, 0.15) is 0 Å². The maximum Gasteiger partial charge on any atom is 0.335 e. The molecule has 0 aliphatic carbocycles. The normalized spacial score (nSPS) is 15.7. The van der Waals surface area contributed by atoms with Crippen LogP contribution in [0.15, 0.2) is 35.9 Å². The lowest BCUT2D eigenvalue weighted by Crippen LogP contribution is -2.32. The summed E-state index contributed by atoms with van der Waals surface area (Å²) >= 11 is 0.939. The van der Waals surface area contributed by atoms with E-state index in [4.69, 9.17) is 4.74 Å². The van der Waals surface area contributed by atoms with Crippen LogP contribution < -0.4 is 0 Å². The van der Waals surface area contributed by atoms with E-state index in [1.807, 2.05) is 30.3 Å². The molecule has 6 heteroatoms. The Labute approximate surface area is 120 Å². The summed E-state index contributed by atoms with van der Waals surface area (Å²) in [5.74, 6) is -0.715. The summed E-state index contributed by atoms with van der Waals surface area (Å²) in [4.78, 5) is 36.0. The second kappa shape index (κ2) is 6.38. The molecule has 1 aliphatic heterocycles. The average molecular weight is 291 g/mol. The van der Waals surface area contributed by atoms with E-state index in [2.05, 4.69) is 0 Å². The Hall–Kier alpha value is -2.08. The van der Waals surface area contributed by atoms with Crippen molar-refractivity contribution >= 4 is 35.0 Å². The molecule has 0 aromatic heterocycles. The number of methoxy groups -OCH3 is 1. The number of thioether (sulfide) groups is 1. The summed E-state index contributed by atoms with van der Waals surface area (Å²) in [5, 5.41) is -0.335. The molecule has 0 radical (unpaired) electrons. The number of amides is 2. The number of nitrogens with zero attached hydrogens (tertiary/aromatic N) is 1. The number of imide groups is 1. The number of carbonyl (C=O) groups excluding carboxylic acids is 3. The van der Waals surface area contributed by atoms with Crippen molar-refractivity contribution < 1.29 is 19.1 Å². The van der Waals surface area contributed by atoms with E-state index < -0.39 is 5.97 Å².